The smallest absolute Gasteiger partial charge is 0.416 e. The summed E-state index contributed by atoms with van der Waals surface area (Å²) in [6.45, 7) is 3.63. The molecule has 2 amide bonds. The van der Waals surface area contributed by atoms with Gasteiger partial charge in [-0.1, -0.05) is 31.2 Å². The third-order valence-electron chi connectivity index (χ3n) is 3.98. The second-order valence-electron chi connectivity index (χ2n) is 5.72. The highest BCUT2D eigenvalue weighted by Crippen LogP contribution is 2.28. The molecule has 0 unspecified atom stereocenters. The first-order valence-electron chi connectivity index (χ1n) is 8.20. The fourth-order valence-electron chi connectivity index (χ4n) is 2.48. The Kier molecular flexibility index (Phi) is 5.32. The maximum atomic E-state index is 12.3. The van der Waals surface area contributed by atoms with Crippen LogP contribution in [-0.4, -0.2) is 47.6 Å². The van der Waals surface area contributed by atoms with Crippen LogP contribution in [-0.2, 0) is 20.7 Å². The van der Waals surface area contributed by atoms with Crippen LogP contribution in [0.1, 0.15) is 27.9 Å². The molecule has 26 heavy (non-hydrogen) atoms. The number of imide groups is 1. The predicted octanol–water partition coefficient (Wildman–Crippen LogP) is 2.82. The fourth-order valence-corrected chi connectivity index (χ4v) is 3.45. The Labute approximate surface area is 154 Å². The molecule has 2 heterocycles. The Hall–Kier alpha value is -2.74. The Bertz CT molecular complexity index is 844. The molecule has 8 heteroatoms. The molecule has 1 aromatic carbocycles. The number of carbonyl (C=O) groups is 3. The number of carbonyl (C=O) groups excluding carboxylic acids is 3. The highest BCUT2D eigenvalue weighted by molar-refractivity contribution is 7.17. The van der Waals surface area contributed by atoms with Gasteiger partial charge >= 0.3 is 12.1 Å². The molecule has 1 aliphatic heterocycles. The van der Waals surface area contributed by atoms with Gasteiger partial charge in [0.2, 0.25) is 0 Å². The van der Waals surface area contributed by atoms with Crippen molar-refractivity contribution in [3.63, 3.8) is 0 Å². The Morgan fingerprint density at radius 2 is 2.04 bits per heavy atom. The number of thiazole rings is 1. The summed E-state index contributed by atoms with van der Waals surface area (Å²) in [5, 5.41) is 0.714. The van der Waals surface area contributed by atoms with Crippen molar-refractivity contribution in [2.45, 2.75) is 20.3 Å². The van der Waals surface area contributed by atoms with E-state index in [1.807, 2.05) is 24.3 Å². The number of ether oxygens (including phenoxy) is 2. The van der Waals surface area contributed by atoms with Crippen LogP contribution in [0.3, 0.4) is 0 Å². The molecule has 2 aromatic rings. The Morgan fingerprint density at radius 3 is 2.65 bits per heavy atom. The maximum absolute atomic E-state index is 12.3. The highest BCUT2D eigenvalue weighted by atomic mass is 32.1. The molecule has 0 bridgehead atoms. The minimum atomic E-state index is -0.710. The van der Waals surface area contributed by atoms with Crippen LogP contribution in [0.4, 0.5) is 4.79 Å². The number of nitrogens with zero attached hydrogens (tertiary/aromatic N) is 2. The molecule has 0 atom stereocenters. The van der Waals surface area contributed by atoms with Crippen LogP contribution in [0.25, 0.3) is 10.6 Å². The zero-order valence-electron chi connectivity index (χ0n) is 14.5. The van der Waals surface area contributed by atoms with E-state index in [1.165, 1.54) is 16.9 Å². The lowest BCUT2D eigenvalue weighted by Gasteiger charge is -2.10. The molecule has 0 radical (unpaired) electrons. The first-order valence-corrected chi connectivity index (χ1v) is 9.02. The number of esters is 1. The van der Waals surface area contributed by atoms with Gasteiger partial charge in [0.05, 0.1) is 12.2 Å². The zero-order chi connectivity index (χ0) is 18.7. The van der Waals surface area contributed by atoms with E-state index in [0.29, 0.717) is 15.6 Å². The van der Waals surface area contributed by atoms with Crippen LogP contribution in [0, 0.1) is 6.92 Å². The van der Waals surface area contributed by atoms with Crippen molar-refractivity contribution >= 4 is 29.3 Å². The van der Waals surface area contributed by atoms with Crippen molar-refractivity contribution in [2.75, 3.05) is 19.8 Å². The predicted molar refractivity (Wildman–Crippen MR) is 95.0 cm³/mol. The third-order valence-corrected chi connectivity index (χ3v) is 5.17. The van der Waals surface area contributed by atoms with E-state index in [0.717, 1.165) is 16.9 Å². The molecule has 1 saturated heterocycles. The molecule has 1 aliphatic rings. The van der Waals surface area contributed by atoms with Crippen LogP contribution in [0.5, 0.6) is 0 Å². The summed E-state index contributed by atoms with van der Waals surface area (Å²) >= 11 is 1.22. The number of benzene rings is 1. The van der Waals surface area contributed by atoms with Crippen LogP contribution < -0.4 is 0 Å². The Balaban J connectivity index is 1.67. The number of aryl methyl sites for hydroxylation is 2. The molecular weight excluding hydrogens is 356 g/mol. The van der Waals surface area contributed by atoms with E-state index >= 15 is 0 Å². The number of cyclic esters (lactones) is 1. The van der Waals surface area contributed by atoms with Gasteiger partial charge in [-0.25, -0.2) is 19.5 Å². The summed E-state index contributed by atoms with van der Waals surface area (Å²) in [5.41, 5.74) is 2.69. The van der Waals surface area contributed by atoms with E-state index in [4.69, 9.17) is 4.74 Å². The zero-order valence-corrected chi connectivity index (χ0v) is 15.3. The average Bonchev–Trinajstić information content (AvgIpc) is 3.25. The van der Waals surface area contributed by atoms with Crippen molar-refractivity contribution in [3.8, 4) is 10.6 Å². The normalized spacial score (nSPS) is 13.6. The minimum absolute atomic E-state index is 0.159. The van der Waals surface area contributed by atoms with Crippen molar-refractivity contribution in [1.82, 2.24) is 9.88 Å². The number of rotatable bonds is 5. The monoisotopic (exact) mass is 374 g/mol. The van der Waals surface area contributed by atoms with E-state index < -0.39 is 24.6 Å². The van der Waals surface area contributed by atoms with Crippen molar-refractivity contribution in [3.05, 3.63) is 40.4 Å². The van der Waals surface area contributed by atoms with Gasteiger partial charge in [0, 0.05) is 5.56 Å². The lowest BCUT2D eigenvalue weighted by Crippen LogP contribution is -2.35. The van der Waals surface area contributed by atoms with Gasteiger partial charge in [-0.05, 0) is 18.9 Å². The molecule has 1 aromatic heterocycles. The average molecular weight is 374 g/mol. The second-order valence-corrected chi connectivity index (χ2v) is 6.72. The fraction of sp³-hybridized carbons (Fsp3) is 0.333. The van der Waals surface area contributed by atoms with Gasteiger partial charge in [0.1, 0.15) is 16.5 Å². The van der Waals surface area contributed by atoms with Crippen molar-refractivity contribution < 1.29 is 23.9 Å². The van der Waals surface area contributed by atoms with Gasteiger partial charge < -0.3 is 9.47 Å². The van der Waals surface area contributed by atoms with Crippen LogP contribution in [0.2, 0.25) is 0 Å². The number of hydrogen-bond acceptors (Lipinski definition) is 7. The molecule has 0 spiro atoms. The van der Waals surface area contributed by atoms with E-state index in [1.54, 1.807) is 6.92 Å². The number of aromatic nitrogens is 1. The summed E-state index contributed by atoms with van der Waals surface area (Å²) in [6.07, 6.45) is 0.241. The summed E-state index contributed by atoms with van der Waals surface area (Å²) in [7, 11) is 0. The maximum Gasteiger partial charge on any atom is 0.416 e. The van der Waals surface area contributed by atoms with Gasteiger partial charge in [0.25, 0.3) is 5.91 Å². The SMILES string of the molecule is CCc1ccc(-c2nc(C)c(C(=O)OCC(=O)N3CCOC3=O)s2)cc1. The molecule has 0 N–H and O–H groups in total. The molecule has 1 fully saturated rings. The van der Waals surface area contributed by atoms with Gasteiger partial charge in [-0.15, -0.1) is 11.3 Å². The van der Waals surface area contributed by atoms with Crippen LogP contribution >= 0.6 is 11.3 Å². The standard InChI is InChI=1S/C18H18N2O5S/c1-3-12-4-6-13(7-5-12)16-19-11(2)15(26-16)17(22)25-10-14(21)20-8-9-24-18(20)23/h4-7H,3,8-10H2,1-2H3. The summed E-state index contributed by atoms with van der Waals surface area (Å²) in [4.78, 5) is 41.2. The summed E-state index contributed by atoms with van der Waals surface area (Å²) in [6, 6.07) is 7.99. The first kappa shape index (κ1) is 18.1. The Morgan fingerprint density at radius 1 is 1.31 bits per heavy atom. The van der Waals surface area contributed by atoms with Crippen molar-refractivity contribution in [1.29, 1.82) is 0 Å². The van der Waals surface area contributed by atoms with E-state index in [2.05, 4.69) is 16.6 Å². The van der Waals surface area contributed by atoms with Gasteiger partial charge in [0.15, 0.2) is 6.61 Å². The number of amides is 2. The van der Waals surface area contributed by atoms with E-state index in [9.17, 15) is 14.4 Å². The van der Waals surface area contributed by atoms with Crippen molar-refractivity contribution in [2.24, 2.45) is 0 Å². The lowest BCUT2D eigenvalue weighted by atomic mass is 10.1. The number of hydrogen-bond donors (Lipinski definition) is 0. The lowest BCUT2D eigenvalue weighted by molar-refractivity contribution is -0.131. The quantitative estimate of drug-likeness (QED) is 0.748. The largest absolute Gasteiger partial charge is 0.451 e. The van der Waals surface area contributed by atoms with Gasteiger partial charge in [-0.2, -0.15) is 0 Å². The molecule has 0 aliphatic carbocycles. The highest BCUT2D eigenvalue weighted by Gasteiger charge is 2.29. The topological polar surface area (TPSA) is 85.8 Å². The minimum Gasteiger partial charge on any atom is -0.451 e. The molecule has 136 valence electrons. The summed E-state index contributed by atoms with van der Waals surface area (Å²) < 4.78 is 9.73. The van der Waals surface area contributed by atoms with E-state index in [-0.39, 0.29) is 13.2 Å². The molecule has 7 nitrogen and oxygen atoms in total. The van der Waals surface area contributed by atoms with Gasteiger partial charge in [-0.3, -0.25) is 4.79 Å². The molecule has 0 saturated carbocycles. The second kappa shape index (κ2) is 7.65. The molecule has 3 rings (SSSR count). The third kappa shape index (κ3) is 3.75. The first-order chi connectivity index (χ1) is 12.5. The van der Waals surface area contributed by atoms with Crippen LogP contribution in [0.15, 0.2) is 24.3 Å². The molecular formula is C18H18N2O5S. The summed E-state index contributed by atoms with van der Waals surface area (Å²) in [5.74, 6) is -1.23.